The van der Waals surface area contributed by atoms with Gasteiger partial charge in [-0.15, -0.1) is 0 Å². The molecule has 1 fully saturated rings. The number of aromatic nitrogens is 3. The van der Waals surface area contributed by atoms with Gasteiger partial charge in [0.25, 0.3) is 5.91 Å². The Hall–Kier alpha value is -2.17. The summed E-state index contributed by atoms with van der Waals surface area (Å²) in [6, 6.07) is 5.72. The Kier molecular flexibility index (Phi) is 3.50. The van der Waals surface area contributed by atoms with Crippen LogP contribution in [0.4, 0.5) is 0 Å². The fourth-order valence-corrected chi connectivity index (χ4v) is 2.79. The first kappa shape index (κ1) is 12.8. The van der Waals surface area contributed by atoms with Crippen LogP contribution in [0.25, 0.3) is 0 Å². The molecule has 0 spiro atoms. The number of piperidine rings is 1. The molecule has 1 saturated heterocycles. The van der Waals surface area contributed by atoms with Crippen LogP contribution in [0.1, 0.15) is 34.9 Å². The highest BCUT2D eigenvalue weighted by molar-refractivity contribution is 5.92. The average Bonchev–Trinajstić information content (AvgIpc) is 2.94. The van der Waals surface area contributed by atoms with Crippen LogP contribution in [0.2, 0.25) is 0 Å². The number of carbonyl (C=O) groups excluding carboxylic acids is 1. The highest BCUT2D eigenvalue weighted by atomic mass is 16.2. The van der Waals surface area contributed by atoms with E-state index in [-0.39, 0.29) is 5.91 Å². The van der Waals surface area contributed by atoms with Gasteiger partial charge in [-0.3, -0.25) is 4.79 Å². The predicted molar refractivity (Wildman–Crippen MR) is 75.3 cm³/mol. The highest BCUT2D eigenvalue weighted by Gasteiger charge is 2.27. The van der Waals surface area contributed by atoms with Gasteiger partial charge in [-0.1, -0.05) is 0 Å². The first-order valence-electron chi connectivity index (χ1n) is 6.92. The van der Waals surface area contributed by atoms with Crippen LogP contribution in [0.15, 0.2) is 36.9 Å². The van der Waals surface area contributed by atoms with Gasteiger partial charge in [0, 0.05) is 44.1 Å². The molecule has 0 unspecified atom stereocenters. The van der Waals surface area contributed by atoms with E-state index in [0.717, 1.165) is 37.3 Å². The number of aryl methyl sites for hydroxylation is 1. The number of nitrogens with zero attached hydrogens (tertiary/aromatic N) is 4. The zero-order valence-electron chi connectivity index (χ0n) is 11.6. The molecule has 0 saturated carbocycles. The van der Waals surface area contributed by atoms with Gasteiger partial charge in [-0.25, -0.2) is 9.97 Å². The smallest absolute Gasteiger partial charge is 0.270 e. The van der Waals surface area contributed by atoms with Crippen LogP contribution in [0.3, 0.4) is 0 Å². The van der Waals surface area contributed by atoms with Gasteiger partial charge in [0.15, 0.2) is 0 Å². The van der Waals surface area contributed by atoms with Crippen LogP contribution in [-0.4, -0.2) is 38.4 Å². The molecule has 20 heavy (non-hydrogen) atoms. The SMILES string of the molecule is Cn1cccc1C(=O)N1CCC[C@@H](c2ccncn2)C1. The van der Waals surface area contributed by atoms with E-state index in [9.17, 15) is 4.79 Å². The normalized spacial score (nSPS) is 19.1. The lowest BCUT2D eigenvalue weighted by Gasteiger charge is -2.32. The van der Waals surface area contributed by atoms with Gasteiger partial charge in [-0.05, 0) is 31.0 Å². The number of amides is 1. The second kappa shape index (κ2) is 5.45. The third kappa shape index (κ3) is 2.43. The van der Waals surface area contributed by atoms with E-state index in [1.807, 2.05) is 40.9 Å². The number of hydrogen-bond acceptors (Lipinski definition) is 3. The van der Waals surface area contributed by atoms with Gasteiger partial charge in [0.1, 0.15) is 12.0 Å². The number of carbonyl (C=O) groups is 1. The minimum absolute atomic E-state index is 0.108. The van der Waals surface area contributed by atoms with Gasteiger partial charge >= 0.3 is 0 Å². The van der Waals surface area contributed by atoms with Crippen molar-refractivity contribution in [3.63, 3.8) is 0 Å². The van der Waals surface area contributed by atoms with E-state index in [4.69, 9.17) is 0 Å². The van der Waals surface area contributed by atoms with Crippen molar-refractivity contribution in [3.8, 4) is 0 Å². The summed E-state index contributed by atoms with van der Waals surface area (Å²) < 4.78 is 1.87. The van der Waals surface area contributed by atoms with Crippen LogP contribution < -0.4 is 0 Å². The molecule has 1 atom stereocenters. The minimum atomic E-state index is 0.108. The summed E-state index contributed by atoms with van der Waals surface area (Å²) in [5.74, 6) is 0.423. The van der Waals surface area contributed by atoms with Crippen LogP contribution in [-0.2, 0) is 7.05 Å². The molecule has 5 heteroatoms. The van der Waals surface area contributed by atoms with Crippen LogP contribution in [0.5, 0.6) is 0 Å². The Morgan fingerprint density at radius 2 is 2.30 bits per heavy atom. The van der Waals surface area contributed by atoms with Crippen LogP contribution >= 0.6 is 0 Å². The molecule has 5 nitrogen and oxygen atoms in total. The molecule has 2 aromatic rings. The molecule has 2 aromatic heterocycles. The third-order valence-corrected chi connectivity index (χ3v) is 3.89. The van der Waals surface area contributed by atoms with Crippen molar-refractivity contribution in [2.45, 2.75) is 18.8 Å². The maximum absolute atomic E-state index is 12.5. The van der Waals surface area contributed by atoms with Crippen molar-refractivity contribution in [1.29, 1.82) is 0 Å². The third-order valence-electron chi connectivity index (χ3n) is 3.89. The van der Waals surface area contributed by atoms with Gasteiger partial charge in [0.05, 0.1) is 0 Å². The Bertz CT molecular complexity index is 593. The lowest BCUT2D eigenvalue weighted by Crippen LogP contribution is -2.40. The quantitative estimate of drug-likeness (QED) is 0.836. The average molecular weight is 270 g/mol. The Morgan fingerprint density at radius 1 is 1.40 bits per heavy atom. The van der Waals surface area contributed by atoms with Gasteiger partial charge in [-0.2, -0.15) is 0 Å². The standard InChI is InChI=1S/C15H18N4O/c1-18-8-3-5-14(18)15(20)19-9-2-4-12(10-19)13-6-7-16-11-17-13/h3,5-8,11-12H,2,4,9-10H2,1H3/t12-/m1/s1. The molecule has 1 amide bonds. The summed E-state index contributed by atoms with van der Waals surface area (Å²) in [6.45, 7) is 1.56. The monoisotopic (exact) mass is 270 g/mol. The zero-order valence-corrected chi connectivity index (χ0v) is 11.6. The summed E-state index contributed by atoms with van der Waals surface area (Å²) >= 11 is 0. The minimum Gasteiger partial charge on any atom is -0.347 e. The number of hydrogen-bond donors (Lipinski definition) is 0. The van der Waals surface area contributed by atoms with Crippen molar-refractivity contribution in [2.24, 2.45) is 7.05 Å². The lowest BCUT2D eigenvalue weighted by atomic mass is 9.94. The fraction of sp³-hybridized carbons (Fsp3) is 0.400. The molecule has 0 N–H and O–H groups in total. The maximum Gasteiger partial charge on any atom is 0.270 e. The summed E-state index contributed by atoms with van der Waals surface area (Å²) in [5.41, 5.74) is 1.78. The van der Waals surface area contributed by atoms with E-state index in [0.29, 0.717) is 5.92 Å². The molecule has 0 aliphatic carbocycles. The van der Waals surface area contributed by atoms with E-state index in [2.05, 4.69) is 9.97 Å². The van der Waals surface area contributed by atoms with E-state index in [1.54, 1.807) is 12.5 Å². The number of likely N-dealkylation sites (tertiary alicyclic amines) is 1. The Balaban J connectivity index is 1.76. The first-order valence-corrected chi connectivity index (χ1v) is 6.92. The molecule has 0 bridgehead atoms. The summed E-state index contributed by atoms with van der Waals surface area (Å²) in [6.07, 6.45) is 7.34. The van der Waals surface area contributed by atoms with Crippen molar-refractivity contribution in [2.75, 3.05) is 13.1 Å². The molecule has 3 heterocycles. The lowest BCUT2D eigenvalue weighted by molar-refractivity contribution is 0.0696. The van der Waals surface area contributed by atoms with Crippen molar-refractivity contribution in [1.82, 2.24) is 19.4 Å². The van der Waals surface area contributed by atoms with Gasteiger partial charge in [0.2, 0.25) is 0 Å². The topological polar surface area (TPSA) is 51.0 Å². The molecule has 1 aliphatic rings. The predicted octanol–water partition coefficient (Wildman–Crippen LogP) is 1.83. The second-order valence-electron chi connectivity index (χ2n) is 5.23. The van der Waals surface area contributed by atoms with E-state index < -0.39 is 0 Å². The maximum atomic E-state index is 12.5. The summed E-state index contributed by atoms with van der Waals surface area (Å²) in [4.78, 5) is 22.7. The van der Waals surface area contributed by atoms with E-state index in [1.165, 1.54) is 0 Å². The molecule has 0 aromatic carbocycles. The largest absolute Gasteiger partial charge is 0.347 e. The fourth-order valence-electron chi connectivity index (χ4n) is 2.79. The van der Waals surface area contributed by atoms with Gasteiger partial charge < -0.3 is 9.47 Å². The molecular formula is C15H18N4O. The summed E-state index contributed by atoms with van der Waals surface area (Å²) in [5, 5.41) is 0. The summed E-state index contributed by atoms with van der Waals surface area (Å²) in [7, 11) is 1.90. The van der Waals surface area contributed by atoms with Crippen molar-refractivity contribution >= 4 is 5.91 Å². The highest BCUT2D eigenvalue weighted by Crippen LogP contribution is 2.26. The Morgan fingerprint density at radius 3 is 3.00 bits per heavy atom. The molecule has 0 radical (unpaired) electrons. The van der Waals surface area contributed by atoms with Crippen molar-refractivity contribution < 1.29 is 4.79 Å². The molecule has 104 valence electrons. The van der Waals surface area contributed by atoms with E-state index >= 15 is 0 Å². The molecular weight excluding hydrogens is 252 g/mol. The van der Waals surface area contributed by atoms with Crippen LogP contribution in [0, 0.1) is 0 Å². The molecule has 1 aliphatic heterocycles. The first-order chi connectivity index (χ1) is 9.75. The Labute approximate surface area is 118 Å². The van der Waals surface area contributed by atoms with Crippen molar-refractivity contribution in [3.05, 3.63) is 48.3 Å². The number of rotatable bonds is 2. The molecule has 3 rings (SSSR count). The second-order valence-corrected chi connectivity index (χ2v) is 5.23. The zero-order chi connectivity index (χ0) is 13.9.